The highest BCUT2D eigenvalue weighted by Gasteiger charge is 2.13. The van der Waals surface area contributed by atoms with E-state index in [1.54, 1.807) is 0 Å². The Labute approximate surface area is 56.5 Å². The zero-order valence-corrected chi connectivity index (χ0v) is 6.02. The number of hydroxylamine groups is 1. The molecule has 1 saturated carbocycles. The van der Waals surface area contributed by atoms with E-state index in [-0.39, 0.29) is 0 Å². The molecule has 2 nitrogen and oxygen atoms in total. The smallest absolute Gasteiger partial charge is 0.0654 e. The monoisotopic (exact) mass is 129 g/mol. The van der Waals surface area contributed by atoms with Crippen LogP contribution in [0.2, 0.25) is 0 Å². The Balaban J connectivity index is 1.98. The van der Waals surface area contributed by atoms with Crippen molar-refractivity contribution in [1.82, 2.24) is 5.48 Å². The number of nitrogens with one attached hydrogen (secondary N) is 1. The van der Waals surface area contributed by atoms with Crippen molar-refractivity contribution in [2.45, 2.75) is 38.6 Å². The Kier molecular flexibility index (Phi) is 3.01. The number of hydrogen-bond donors (Lipinski definition) is 1. The molecular formula is C7H15NO. The van der Waals surface area contributed by atoms with Crippen molar-refractivity contribution in [3.8, 4) is 0 Å². The first kappa shape index (κ1) is 7.03. The number of rotatable bonds is 3. The van der Waals surface area contributed by atoms with E-state index in [2.05, 4.69) is 5.48 Å². The first-order valence-corrected chi connectivity index (χ1v) is 3.81. The molecule has 0 amide bonds. The molecule has 0 atom stereocenters. The fraction of sp³-hybridized carbons (Fsp3) is 1.00. The van der Waals surface area contributed by atoms with Gasteiger partial charge in [0.1, 0.15) is 0 Å². The van der Waals surface area contributed by atoms with Gasteiger partial charge in [-0.05, 0) is 19.8 Å². The molecule has 0 spiro atoms. The minimum absolute atomic E-state index is 0.643. The molecule has 0 aromatic rings. The topological polar surface area (TPSA) is 21.3 Å². The Morgan fingerprint density at radius 2 is 2.11 bits per heavy atom. The normalized spacial score (nSPS) is 21.0. The van der Waals surface area contributed by atoms with Crippen molar-refractivity contribution in [3.63, 3.8) is 0 Å². The molecule has 1 rings (SSSR count). The second-order valence-corrected chi connectivity index (χ2v) is 2.53. The lowest BCUT2D eigenvalue weighted by atomic mass is 10.3. The lowest BCUT2D eigenvalue weighted by molar-refractivity contribution is 0.0262. The van der Waals surface area contributed by atoms with Crippen LogP contribution in [0.5, 0.6) is 0 Å². The second-order valence-electron chi connectivity index (χ2n) is 2.53. The van der Waals surface area contributed by atoms with Gasteiger partial charge in [-0.3, -0.25) is 0 Å². The van der Waals surface area contributed by atoms with Crippen LogP contribution in [-0.2, 0) is 4.84 Å². The molecule has 0 radical (unpaired) electrons. The molecular weight excluding hydrogens is 114 g/mol. The summed E-state index contributed by atoms with van der Waals surface area (Å²) in [5, 5.41) is 0. The van der Waals surface area contributed by atoms with Gasteiger partial charge in [0.05, 0.1) is 6.61 Å². The summed E-state index contributed by atoms with van der Waals surface area (Å²) in [7, 11) is 0. The molecule has 54 valence electrons. The Morgan fingerprint density at radius 3 is 2.67 bits per heavy atom. The van der Waals surface area contributed by atoms with E-state index < -0.39 is 0 Å². The van der Waals surface area contributed by atoms with E-state index >= 15 is 0 Å². The zero-order chi connectivity index (χ0) is 6.53. The molecule has 0 aliphatic heterocycles. The van der Waals surface area contributed by atoms with Gasteiger partial charge in [-0.15, -0.1) is 0 Å². The molecule has 1 aliphatic carbocycles. The van der Waals surface area contributed by atoms with Gasteiger partial charge in [-0.1, -0.05) is 12.8 Å². The summed E-state index contributed by atoms with van der Waals surface area (Å²) in [6.07, 6.45) is 5.31. The van der Waals surface area contributed by atoms with Gasteiger partial charge in [0, 0.05) is 6.04 Å². The standard InChI is InChI=1S/C7H15NO/c1-2-9-8-7-5-3-4-6-7/h7-8H,2-6H2,1H3. The van der Waals surface area contributed by atoms with E-state index in [9.17, 15) is 0 Å². The summed E-state index contributed by atoms with van der Waals surface area (Å²) in [5.74, 6) is 0. The third kappa shape index (κ3) is 2.33. The maximum Gasteiger partial charge on any atom is 0.0654 e. The average molecular weight is 129 g/mol. The molecule has 1 aliphatic rings. The molecule has 1 N–H and O–H groups in total. The lowest BCUT2D eigenvalue weighted by Gasteiger charge is -2.09. The molecule has 0 saturated heterocycles. The first-order chi connectivity index (χ1) is 4.43. The van der Waals surface area contributed by atoms with E-state index in [0.717, 1.165) is 6.61 Å². The van der Waals surface area contributed by atoms with Crippen LogP contribution < -0.4 is 5.48 Å². The van der Waals surface area contributed by atoms with Crippen molar-refractivity contribution in [2.75, 3.05) is 6.61 Å². The van der Waals surface area contributed by atoms with Crippen molar-refractivity contribution >= 4 is 0 Å². The van der Waals surface area contributed by atoms with Gasteiger partial charge >= 0.3 is 0 Å². The van der Waals surface area contributed by atoms with Crippen LogP contribution >= 0.6 is 0 Å². The average Bonchev–Trinajstić information content (AvgIpc) is 2.34. The summed E-state index contributed by atoms with van der Waals surface area (Å²) in [4.78, 5) is 5.07. The summed E-state index contributed by atoms with van der Waals surface area (Å²) >= 11 is 0. The van der Waals surface area contributed by atoms with Crippen molar-refractivity contribution in [2.24, 2.45) is 0 Å². The van der Waals surface area contributed by atoms with Crippen LogP contribution in [-0.4, -0.2) is 12.6 Å². The van der Waals surface area contributed by atoms with Crippen LogP contribution in [0.3, 0.4) is 0 Å². The Bertz CT molecular complexity index is 69.3. The minimum Gasteiger partial charge on any atom is -0.302 e. The molecule has 0 aromatic carbocycles. The fourth-order valence-electron chi connectivity index (χ4n) is 1.24. The van der Waals surface area contributed by atoms with Gasteiger partial charge in [0.25, 0.3) is 0 Å². The van der Waals surface area contributed by atoms with Gasteiger partial charge < -0.3 is 4.84 Å². The molecule has 2 heteroatoms. The van der Waals surface area contributed by atoms with Gasteiger partial charge in [0.2, 0.25) is 0 Å². The SMILES string of the molecule is CCONC1CCCC1. The summed E-state index contributed by atoms with van der Waals surface area (Å²) in [6.45, 7) is 2.78. The third-order valence-electron chi connectivity index (χ3n) is 1.75. The fourth-order valence-corrected chi connectivity index (χ4v) is 1.24. The van der Waals surface area contributed by atoms with Crippen LogP contribution in [0.1, 0.15) is 32.6 Å². The van der Waals surface area contributed by atoms with Crippen molar-refractivity contribution < 1.29 is 4.84 Å². The summed E-state index contributed by atoms with van der Waals surface area (Å²) in [5.41, 5.74) is 3.03. The molecule has 0 unspecified atom stereocenters. The molecule has 1 fully saturated rings. The molecule has 9 heavy (non-hydrogen) atoms. The highest BCUT2D eigenvalue weighted by Crippen LogP contribution is 2.17. The molecule has 0 bridgehead atoms. The van der Waals surface area contributed by atoms with E-state index in [1.165, 1.54) is 25.7 Å². The highest BCUT2D eigenvalue weighted by molar-refractivity contribution is 4.69. The molecule has 0 heterocycles. The van der Waals surface area contributed by atoms with Gasteiger partial charge in [-0.2, -0.15) is 5.48 Å². The van der Waals surface area contributed by atoms with Crippen molar-refractivity contribution in [1.29, 1.82) is 0 Å². The largest absolute Gasteiger partial charge is 0.302 e. The predicted octanol–water partition coefficient (Wildman–Crippen LogP) is 1.47. The van der Waals surface area contributed by atoms with E-state index in [0.29, 0.717) is 6.04 Å². The quantitative estimate of drug-likeness (QED) is 0.583. The number of hydrogen-bond acceptors (Lipinski definition) is 2. The van der Waals surface area contributed by atoms with Gasteiger partial charge in [0.15, 0.2) is 0 Å². The Hall–Kier alpha value is -0.0800. The first-order valence-electron chi connectivity index (χ1n) is 3.81. The summed E-state index contributed by atoms with van der Waals surface area (Å²) in [6, 6.07) is 0.643. The maximum absolute atomic E-state index is 5.07. The summed E-state index contributed by atoms with van der Waals surface area (Å²) < 4.78 is 0. The predicted molar refractivity (Wildman–Crippen MR) is 37.0 cm³/mol. The van der Waals surface area contributed by atoms with Gasteiger partial charge in [-0.25, -0.2) is 0 Å². The van der Waals surface area contributed by atoms with Crippen LogP contribution in [0.25, 0.3) is 0 Å². The maximum atomic E-state index is 5.07. The molecule has 0 aromatic heterocycles. The van der Waals surface area contributed by atoms with Crippen LogP contribution in [0.4, 0.5) is 0 Å². The van der Waals surface area contributed by atoms with Crippen LogP contribution in [0, 0.1) is 0 Å². The second kappa shape index (κ2) is 3.85. The van der Waals surface area contributed by atoms with Crippen molar-refractivity contribution in [3.05, 3.63) is 0 Å². The third-order valence-corrected chi connectivity index (χ3v) is 1.75. The minimum atomic E-state index is 0.643. The van der Waals surface area contributed by atoms with Crippen LogP contribution in [0.15, 0.2) is 0 Å². The lowest BCUT2D eigenvalue weighted by Crippen LogP contribution is -2.25. The Morgan fingerprint density at radius 1 is 1.44 bits per heavy atom. The van der Waals surface area contributed by atoms with E-state index in [1.807, 2.05) is 6.92 Å². The highest BCUT2D eigenvalue weighted by atomic mass is 16.6. The zero-order valence-electron chi connectivity index (χ0n) is 6.02. The van der Waals surface area contributed by atoms with E-state index in [4.69, 9.17) is 4.84 Å².